The maximum absolute atomic E-state index is 13.6. The van der Waals surface area contributed by atoms with Gasteiger partial charge in [0.15, 0.2) is 0 Å². The third-order valence-electron chi connectivity index (χ3n) is 5.68. The zero-order valence-electron chi connectivity index (χ0n) is 18.8. The van der Waals surface area contributed by atoms with Gasteiger partial charge in [-0.25, -0.2) is 4.39 Å². The van der Waals surface area contributed by atoms with Gasteiger partial charge in [-0.05, 0) is 42.0 Å². The number of benzene rings is 1. The predicted octanol–water partition coefficient (Wildman–Crippen LogP) is 3.50. The Morgan fingerprint density at radius 3 is 3.00 bits per heavy atom. The lowest BCUT2D eigenvalue weighted by atomic mass is 10.0. The Kier molecular flexibility index (Phi) is 9.47. The van der Waals surface area contributed by atoms with Crippen molar-refractivity contribution in [2.75, 3.05) is 46.5 Å². The molecule has 176 valence electrons. The molecule has 1 aliphatic heterocycles. The summed E-state index contributed by atoms with van der Waals surface area (Å²) < 4.78 is 24.6. The normalized spacial score (nSPS) is 16.8. The van der Waals surface area contributed by atoms with Crippen LogP contribution in [-0.4, -0.2) is 73.4 Å². The number of carbonyl (C=O) groups is 1. The van der Waals surface area contributed by atoms with Crippen molar-refractivity contribution in [2.24, 2.45) is 0 Å². The summed E-state index contributed by atoms with van der Waals surface area (Å²) in [7, 11) is 1.63. The van der Waals surface area contributed by atoms with Crippen molar-refractivity contribution in [3.05, 3.63) is 52.0 Å². The van der Waals surface area contributed by atoms with Gasteiger partial charge in [0.1, 0.15) is 18.2 Å². The van der Waals surface area contributed by atoms with Gasteiger partial charge in [0.2, 0.25) is 5.91 Å². The van der Waals surface area contributed by atoms with Crippen LogP contribution < -0.4 is 4.74 Å². The number of thiophene rings is 1. The van der Waals surface area contributed by atoms with Crippen LogP contribution in [0.3, 0.4) is 0 Å². The molecule has 2 aromatic rings. The summed E-state index contributed by atoms with van der Waals surface area (Å²) in [6.07, 6.45) is 1.93. The molecule has 0 saturated carbocycles. The van der Waals surface area contributed by atoms with Crippen molar-refractivity contribution < 1.29 is 23.8 Å². The van der Waals surface area contributed by atoms with Gasteiger partial charge in [-0.2, -0.15) is 0 Å². The number of hydrogen-bond acceptors (Lipinski definition) is 6. The van der Waals surface area contributed by atoms with E-state index in [0.29, 0.717) is 38.4 Å². The summed E-state index contributed by atoms with van der Waals surface area (Å²) in [5.74, 6) is 0.0911. The second-order valence-corrected chi connectivity index (χ2v) is 9.09. The number of amides is 1. The van der Waals surface area contributed by atoms with Crippen LogP contribution in [0.2, 0.25) is 0 Å². The number of aliphatic hydroxyl groups is 1. The van der Waals surface area contributed by atoms with Crippen LogP contribution in [0.15, 0.2) is 35.7 Å². The molecule has 2 heterocycles. The molecule has 0 radical (unpaired) electrons. The smallest absolute Gasteiger partial charge is 0.237 e. The summed E-state index contributed by atoms with van der Waals surface area (Å²) in [5, 5.41) is 12.3. The quantitative estimate of drug-likeness (QED) is 0.521. The van der Waals surface area contributed by atoms with E-state index in [4.69, 9.17) is 9.47 Å². The topological polar surface area (TPSA) is 62.2 Å². The lowest BCUT2D eigenvalue weighted by Gasteiger charge is -2.37. The molecule has 0 aliphatic carbocycles. The molecule has 1 aromatic carbocycles. The minimum absolute atomic E-state index is 0.00510. The molecule has 1 aliphatic rings. The van der Waals surface area contributed by atoms with E-state index >= 15 is 0 Å². The Morgan fingerprint density at radius 2 is 2.25 bits per heavy atom. The molecular formula is C24H33FN2O4S. The standard InChI is InChI=1S/C24H33FN2O4S/c1-3-5-19(28)15-26(11-12-30-2)16-24(29)27-10-8-23-21(9-13-32-23)22(27)17-31-20-7-4-6-18(25)14-20/h4,6-7,9,13-14,19,22,28H,3,5,8,10-12,15-17H2,1-2H3/t19-,22+/m1/s1. The van der Waals surface area contributed by atoms with Gasteiger partial charge in [0.05, 0.1) is 25.3 Å². The van der Waals surface area contributed by atoms with Crippen LogP contribution in [0.1, 0.15) is 36.2 Å². The van der Waals surface area contributed by atoms with Crippen LogP contribution in [0.4, 0.5) is 4.39 Å². The minimum Gasteiger partial charge on any atom is -0.491 e. The highest BCUT2D eigenvalue weighted by Gasteiger charge is 2.33. The molecule has 1 N–H and O–H groups in total. The summed E-state index contributed by atoms with van der Waals surface area (Å²) in [5.41, 5.74) is 1.10. The van der Waals surface area contributed by atoms with Gasteiger partial charge in [-0.3, -0.25) is 9.69 Å². The molecule has 0 fully saturated rings. The maximum atomic E-state index is 13.6. The minimum atomic E-state index is -0.471. The lowest BCUT2D eigenvalue weighted by molar-refractivity contribution is -0.136. The van der Waals surface area contributed by atoms with Crippen molar-refractivity contribution in [2.45, 2.75) is 38.3 Å². The van der Waals surface area contributed by atoms with Crippen LogP contribution in [0.5, 0.6) is 5.75 Å². The summed E-state index contributed by atoms with van der Waals surface area (Å²) in [4.78, 5) is 18.4. The third-order valence-corrected chi connectivity index (χ3v) is 6.68. The van der Waals surface area contributed by atoms with Gasteiger partial charge < -0.3 is 19.5 Å². The number of fused-ring (bicyclic) bond motifs is 1. The van der Waals surface area contributed by atoms with Crippen molar-refractivity contribution in [3.63, 3.8) is 0 Å². The molecule has 6 nitrogen and oxygen atoms in total. The van der Waals surface area contributed by atoms with Crippen LogP contribution in [0.25, 0.3) is 0 Å². The number of aliphatic hydroxyl groups excluding tert-OH is 1. The zero-order chi connectivity index (χ0) is 22.9. The zero-order valence-corrected chi connectivity index (χ0v) is 19.7. The van der Waals surface area contributed by atoms with Crippen LogP contribution in [-0.2, 0) is 16.0 Å². The fourth-order valence-electron chi connectivity index (χ4n) is 4.07. The highest BCUT2D eigenvalue weighted by molar-refractivity contribution is 7.10. The molecule has 1 amide bonds. The number of methoxy groups -OCH3 is 1. The first-order chi connectivity index (χ1) is 15.5. The van der Waals surface area contributed by atoms with E-state index in [9.17, 15) is 14.3 Å². The molecule has 0 bridgehead atoms. The Bertz CT molecular complexity index is 862. The highest BCUT2D eigenvalue weighted by atomic mass is 32.1. The largest absolute Gasteiger partial charge is 0.491 e. The first kappa shape index (κ1) is 24.6. The molecule has 0 saturated heterocycles. The lowest BCUT2D eigenvalue weighted by Crippen LogP contribution is -2.48. The first-order valence-electron chi connectivity index (χ1n) is 11.1. The second kappa shape index (κ2) is 12.3. The van der Waals surface area contributed by atoms with Crippen molar-refractivity contribution in [1.29, 1.82) is 0 Å². The van der Waals surface area contributed by atoms with E-state index in [1.807, 2.05) is 28.2 Å². The van der Waals surface area contributed by atoms with E-state index in [2.05, 4.69) is 0 Å². The molecule has 0 spiro atoms. The second-order valence-electron chi connectivity index (χ2n) is 8.09. The average Bonchev–Trinajstić information content (AvgIpc) is 3.25. The Labute approximate surface area is 193 Å². The average molecular weight is 465 g/mol. The Balaban J connectivity index is 1.71. The van der Waals surface area contributed by atoms with Crippen molar-refractivity contribution in [1.82, 2.24) is 9.80 Å². The summed E-state index contributed by atoms with van der Waals surface area (Å²) in [6.45, 7) is 4.61. The van der Waals surface area contributed by atoms with Gasteiger partial charge in [-0.1, -0.05) is 19.4 Å². The molecule has 32 heavy (non-hydrogen) atoms. The molecule has 1 aromatic heterocycles. The molecule has 8 heteroatoms. The number of halogens is 1. The highest BCUT2D eigenvalue weighted by Crippen LogP contribution is 2.34. The number of hydrogen-bond donors (Lipinski definition) is 1. The SMILES string of the molecule is CCC[C@@H](O)CN(CCOC)CC(=O)N1CCc2sccc2[C@@H]1COc1cccc(F)c1. The van der Waals surface area contributed by atoms with Crippen LogP contribution in [0, 0.1) is 5.82 Å². The Morgan fingerprint density at radius 1 is 1.41 bits per heavy atom. The molecule has 3 rings (SSSR count). The van der Waals surface area contributed by atoms with Gasteiger partial charge in [-0.15, -0.1) is 11.3 Å². The fourth-order valence-corrected chi connectivity index (χ4v) is 4.99. The number of nitrogens with zero attached hydrogens (tertiary/aromatic N) is 2. The number of ether oxygens (including phenoxy) is 2. The fraction of sp³-hybridized carbons (Fsp3) is 0.542. The third kappa shape index (κ3) is 6.75. The number of carbonyl (C=O) groups excluding carboxylic acids is 1. The van der Waals surface area contributed by atoms with Crippen LogP contribution >= 0.6 is 11.3 Å². The summed E-state index contributed by atoms with van der Waals surface area (Å²) in [6, 6.07) is 7.87. The van der Waals surface area contributed by atoms with Gasteiger partial charge >= 0.3 is 0 Å². The van der Waals surface area contributed by atoms with E-state index in [-0.39, 0.29) is 30.9 Å². The van der Waals surface area contributed by atoms with E-state index < -0.39 is 6.10 Å². The van der Waals surface area contributed by atoms with E-state index in [1.54, 1.807) is 30.6 Å². The summed E-state index contributed by atoms with van der Waals surface area (Å²) >= 11 is 1.69. The monoisotopic (exact) mass is 464 g/mol. The first-order valence-corrected chi connectivity index (χ1v) is 12.0. The molecular weight excluding hydrogens is 431 g/mol. The predicted molar refractivity (Wildman–Crippen MR) is 124 cm³/mol. The van der Waals surface area contributed by atoms with E-state index in [1.165, 1.54) is 17.0 Å². The van der Waals surface area contributed by atoms with E-state index in [0.717, 1.165) is 18.4 Å². The Hall–Kier alpha value is -2.00. The molecule has 2 atom stereocenters. The van der Waals surface area contributed by atoms with Crippen molar-refractivity contribution in [3.8, 4) is 5.75 Å². The van der Waals surface area contributed by atoms with Gasteiger partial charge in [0.25, 0.3) is 0 Å². The maximum Gasteiger partial charge on any atom is 0.237 e. The molecule has 0 unspecified atom stereocenters. The van der Waals surface area contributed by atoms with Gasteiger partial charge in [0, 0.05) is 37.7 Å². The van der Waals surface area contributed by atoms with Crippen molar-refractivity contribution >= 4 is 17.2 Å². The number of rotatable bonds is 12.